The summed E-state index contributed by atoms with van der Waals surface area (Å²) in [7, 11) is 0. The van der Waals surface area contributed by atoms with Gasteiger partial charge in [0.05, 0.1) is 0 Å². The number of halogens is 3. The van der Waals surface area contributed by atoms with Crippen LogP contribution in [0.3, 0.4) is 0 Å². The third-order valence-corrected chi connectivity index (χ3v) is 10.4. The third-order valence-electron chi connectivity index (χ3n) is 9.92. The lowest BCUT2D eigenvalue weighted by atomic mass is 9.91. The second-order valence-electron chi connectivity index (χ2n) is 12.9. The van der Waals surface area contributed by atoms with Crippen LogP contribution in [0.1, 0.15) is 71.4 Å². The van der Waals surface area contributed by atoms with Crippen LogP contribution in [0.25, 0.3) is 21.8 Å². The summed E-state index contributed by atoms with van der Waals surface area (Å²) in [6, 6.07) is 32.9. The summed E-state index contributed by atoms with van der Waals surface area (Å²) in [4.78, 5) is 7.30. The second kappa shape index (κ2) is 16.0. The van der Waals surface area contributed by atoms with Gasteiger partial charge < -0.3 is 30.1 Å². The quantitative estimate of drug-likeness (QED) is 0.131. The first-order valence-electron chi connectivity index (χ1n) is 17.0. The number of para-hydroxylation sites is 1. The highest BCUT2D eigenvalue weighted by Gasteiger charge is 2.25. The van der Waals surface area contributed by atoms with Gasteiger partial charge in [-0.15, -0.1) is 24.8 Å². The van der Waals surface area contributed by atoms with Gasteiger partial charge in [0.25, 0.3) is 0 Å². The predicted molar refractivity (Wildman–Crippen MR) is 208 cm³/mol. The van der Waals surface area contributed by atoms with Gasteiger partial charge in [0.15, 0.2) is 11.5 Å². The molecule has 9 rings (SSSR count). The molecule has 2 aliphatic carbocycles. The first-order valence-corrected chi connectivity index (χ1v) is 17.8. The number of aromatic nitrogens is 2. The van der Waals surface area contributed by atoms with Crippen LogP contribution in [0.4, 0.5) is 0 Å². The zero-order valence-electron chi connectivity index (χ0n) is 27.4. The summed E-state index contributed by atoms with van der Waals surface area (Å²) >= 11 is 3.60. The highest BCUT2D eigenvalue weighted by Crippen LogP contribution is 2.37. The van der Waals surface area contributed by atoms with Crippen molar-refractivity contribution in [1.29, 1.82) is 0 Å². The smallest absolute Gasteiger partial charge is 0.231 e. The summed E-state index contributed by atoms with van der Waals surface area (Å²) in [6.45, 7) is 2.18. The number of benzene rings is 4. The van der Waals surface area contributed by atoms with Crippen molar-refractivity contribution in [2.45, 2.75) is 63.6 Å². The molecule has 0 bridgehead atoms. The largest absolute Gasteiger partial charge is 0.454 e. The van der Waals surface area contributed by atoms with Gasteiger partial charge in [-0.3, -0.25) is 0 Å². The Morgan fingerprint density at radius 2 is 1.33 bits per heavy atom. The summed E-state index contributed by atoms with van der Waals surface area (Å²) in [5.41, 5.74) is 10.9. The molecule has 256 valence electrons. The number of hydrogen-bond acceptors (Lipinski definition) is 4. The first kappa shape index (κ1) is 35.4. The van der Waals surface area contributed by atoms with Gasteiger partial charge in [0.2, 0.25) is 6.79 Å². The van der Waals surface area contributed by atoms with Crippen LogP contribution >= 0.6 is 40.7 Å². The van der Waals surface area contributed by atoms with Crippen molar-refractivity contribution in [1.82, 2.24) is 20.6 Å². The van der Waals surface area contributed by atoms with Crippen molar-refractivity contribution < 1.29 is 9.47 Å². The molecule has 6 nitrogen and oxygen atoms in total. The Kier molecular flexibility index (Phi) is 11.6. The molecule has 49 heavy (non-hydrogen) atoms. The van der Waals surface area contributed by atoms with Crippen LogP contribution in [0.5, 0.6) is 11.5 Å². The number of ether oxygens (including phenoxy) is 2. The molecule has 3 heterocycles. The Morgan fingerprint density at radius 3 is 2.12 bits per heavy atom. The molecule has 9 heteroatoms. The minimum Gasteiger partial charge on any atom is -0.454 e. The molecule has 2 aromatic heterocycles. The molecule has 0 saturated carbocycles. The van der Waals surface area contributed by atoms with E-state index in [0.29, 0.717) is 18.9 Å². The highest BCUT2D eigenvalue weighted by molar-refractivity contribution is 9.10. The topological polar surface area (TPSA) is 74.1 Å². The number of H-pyrrole nitrogens is 2. The van der Waals surface area contributed by atoms with Crippen molar-refractivity contribution in [2.24, 2.45) is 0 Å². The minimum atomic E-state index is 0. The van der Waals surface area contributed by atoms with E-state index in [1.807, 2.05) is 6.07 Å². The van der Waals surface area contributed by atoms with E-state index in [9.17, 15) is 0 Å². The zero-order valence-corrected chi connectivity index (χ0v) is 30.6. The molecule has 0 fully saturated rings. The van der Waals surface area contributed by atoms with E-state index in [0.717, 1.165) is 35.5 Å². The molecule has 2 atom stereocenters. The third kappa shape index (κ3) is 7.67. The predicted octanol–water partition coefficient (Wildman–Crippen LogP) is 10.0. The van der Waals surface area contributed by atoms with E-state index in [1.54, 1.807) is 0 Å². The Labute approximate surface area is 308 Å². The molecule has 0 spiro atoms. The Morgan fingerprint density at radius 1 is 0.653 bits per heavy atom. The Bertz CT molecular complexity index is 2010. The van der Waals surface area contributed by atoms with E-state index in [-0.39, 0.29) is 24.8 Å². The molecule has 4 aromatic carbocycles. The van der Waals surface area contributed by atoms with Gasteiger partial charge >= 0.3 is 0 Å². The monoisotopic (exact) mass is 760 g/mol. The van der Waals surface area contributed by atoms with E-state index < -0.39 is 0 Å². The van der Waals surface area contributed by atoms with E-state index in [4.69, 9.17) is 9.47 Å². The van der Waals surface area contributed by atoms with Gasteiger partial charge in [0.1, 0.15) is 0 Å². The lowest BCUT2D eigenvalue weighted by Gasteiger charge is -2.24. The minimum absolute atomic E-state index is 0. The molecule has 0 saturated heterocycles. The lowest BCUT2D eigenvalue weighted by molar-refractivity contribution is 0.174. The molecular weight excluding hydrogens is 719 g/mol. The average molecular weight is 763 g/mol. The van der Waals surface area contributed by atoms with Crippen LogP contribution in [0.15, 0.2) is 95.5 Å². The normalized spacial score (nSPS) is 17.3. The van der Waals surface area contributed by atoms with Crippen LogP contribution in [-0.4, -0.2) is 23.3 Å². The number of rotatable bonds is 7. The van der Waals surface area contributed by atoms with Crippen molar-refractivity contribution in [2.75, 3.05) is 13.3 Å². The number of nitrogens with one attached hydrogen (secondary N) is 4. The summed E-state index contributed by atoms with van der Waals surface area (Å²) in [5.74, 6) is 1.69. The molecule has 4 N–H and O–H groups in total. The standard InChI is InChI=1S/C20H21BrN2.C20H20N2O2.2ClH/c21-15-9-10-18-17(13-15)16-7-4-8-19(20(16)23-18)22-12-11-14-5-2-1-3-6-14;1-2-6-16-14(4-1)15-5-3-7-17(20(15)22-16)21-11-13-8-9-18-19(10-13)24-12-23-18;;/h1-3,5-6,9-10,13,19,22-23H,4,7-8,11-12H2;1-2,4,6,8-10,17,21-22H,3,5,7,11-12H2;2*1H. The highest BCUT2D eigenvalue weighted by atomic mass is 79.9. The van der Waals surface area contributed by atoms with Gasteiger partial charge in [-0.1, -0.05) is 70.5 Å². The van der Waals surface area contributed by atoms with Crippen LogP contribution in [0.2, 0.25) is 0 Å². The first-order chi connectivity index (χ1) is 23.2. The van der Waals surface area contributed by atoms with Gasteiger partial charge in [-0.25, -0.2) is 0 Å². The fourth-order valence-corrected chi connectivity index (χ4v) is 7.95. The van der Waals surface area contributed by atoms with Crippen molar-refractivity contribution >= 4 is 62.5 Å². The number of aromatic amines is 2. The summed E-state index contributed by atoms with van der Waals surface area (Å²) in [5, 5.41) is 10.2. The second-order valence-corrected chi connectivity index (χ2v) is 13.8. The van der Waals surface area contributed by atoms with Crippen LogP contribution < -0.4 is 20.1 Å². The Hall–Kier alpha value is -3.46. The fraction of sp³-hybridized carbons (Fsp3) is 0.300. The summed E-state index contributed by atoms with van der Waals surface area (Å²) in [6.07, 6.45) is 8.31. The average Bonchev–Trinajstić information content (AvgIpc) is 3.84. The maximum Gasteiger partial charge on any atom is 0.231 e. The Balaban J connectivity index is 0.000000164. The molecule has 3 aliphatic rings. The van der Waals surface area contributed by atoms with Crippen LogP contribution in [0, 0.1) is 0 Å². The van der Waals surface area contributed by atoms with Gasteiger partial charge in [-0.2, -0.15) is 0 Å². The molecule has 1 aliphatic heterocycles. The molecule has 2 unspecified atom stereocenters. The van der Waals surface area contributed by atoms with E-state index in [2.05, 4.69) is 121 Å². The number of hydrogen-bond donors (Lipinski definition) is 4. The lowest BCUT2D eigenvalue weighted by Crippen LogP contribution is -2.27. The number of fused-ring (bicyclic) bond motifs is 7. The maximum atomic E-state index is 5.47. The fourth-order valence-electron chi connectivity index (χ4n) is 7.59. The molecular formula is C40H43BrCl2N4O2. The van der Waals surface area contributed by atoms with Crippen LogP contribution in [-0.2, 0) is 25.8 Å². The van der Waals surface area contributed by atoms with E-state index in [1.165, 1.54) is 94.0 Å². The SMILES string of the molecule is Brc1ccc2[nH]c3c(c2c1)CCCC3NCCc1ccccc1.Cl.Cl.c1ccc2c3c([nH]c2c1)C(NCc1ccc2c(c1)OCO2)CCC3. The van der Waals surface area contributed by atoms with Gasteiger partial charge in [-0.05, 0) is 110 Å². The maximum absolute atomic E-state index is 5.47. The molecule has 0 radical (unpaired) electrons. The van der Waals surface area contributed by atoms with Gasteiger partial charge in [0, 0.05) is 56.3 Å². The van der Waals surface area contributed by atoms with Crippen molar-refractivity contribution in [3.8, 4) is 11.5 Å². The van der Waals surface area contributed by atoms with Crippen molar-refractivity contribution in [3.05, 3.63) is 129 Å². The molecule has 0 amide bonds. The van der Waals surface area contributed by atoms with E-state index >= 15 is 0 Å². The zero-order chi connectivity index (χ0) is 31.6. The number of aryl methyl sites for hydroxylation is 2. The molecule has 6 aromatic rings. The van der Waals surface area contributed by atoms with Crippen molar-refractivity contribution in [3.63, 3.8) is 0 Å². The summed E-state index contributed by atoms with van der Waals surface area (Å²) < 4.78 is 12.0.